The molecule has 5 heteroatoms. The third-order valence-corrected chi connectivity index (χ3v) is 2.60. The van der Waals surface area contributed by atoms with Crippen LogP contribution in [0.2, 0.25) is 0 Å². The number of hydrogen-bond acceptors (Lipinski definition) is 3. The molecule has 2 N–H and O–H groups in total. The Bertz CT molecular complexity index is 669. The maximum atomic E-state index is 12.0. The van der Waals surface area contributed by atoms with Gasteiger partial charge in [-0.3, -0.25) is 14.4 Å². The Balaban J connectivity index is 2.26. The van der Waals surface area contributed by atoms with E-state index in [4.69, 9.17) is 0 Å². The Kier molecular flexibility index (Phi) is 3.56. The van der Waals surface area contributed by atoms with E-state index in [2.05, 4.69) is 10.3 Å². The number of amides is 1. The van der Waals surface area contributed by atoms with Crippen molar-refractivity contribution in [3.8, 4) is 0 Å². The van der Waals surface area contributed by atoms with Crippen LogP contribution < -0.4 is 10.9 Å². The second-order valence-electron chi connectivity index (χ2n) is 4.00. The molecule has 0 bridgehead atoms. The van der Waals surface area contributed by atoms with Gasteiger partial charge >= 0.3 is 0 Å². The number of ketones is 1. The number of hydrogen-bond donors (Lipinski definition) is 2. The number of benzene rings is 1. The molecule has 0 saturated heterocycles. The lowest BCUT2D eigenvalue weighted by Gasteiger charge is -2.08. The fourth-order valence-corrected chi connectivity index (χ4v) is 1.65. The molecule has 96 valence electrons. The van der Waals surface area contributed by atoms with E-state index in [9.17, 15) is 14.4 Å². The summed E-state index contributed by atoms with van der Waals surface area (Å²) in [6.07, 6.45) is 1.33. The molecule has 2 aromatic rings. The molecule has 0 radical (unpaired) electrons. The Morgan fingerprint density at radius 3 is 2.47 bits per heavy atom. The van der Waals surface area contributed by atoms with Crippen molar-refractivity contribution in [1.29, 1.82) is 0 Å². The topological polar surface area (TPSA) is 79.0 Å². The van der Waals surface area contributed by atoms with Gasteiger partial charge in [0.2, 0.25) is 5.56 Å². The molecule has 1 aromatic heterocycles. The van der Waals surface area contributed by atoms with Crippen LogP contribution in [0.15, 0.2) is 47.4 Å². The Hall–Kier alpha value is -2.69. The molecular weight excluding hydrogens is 244 g/mol. The number of anilines is 1. The molecule has 0 saturated carbocycles. The summed E-state index contributed by atoms with van der Waals surface area (Å²) in [5, 5.41) is 2.65. The van der Waals surface area contributed by atoms with Gasteiger partial charge in [0, 0.05) is 17.8 Å². The minimum absolute atomic E-state index is 0.127. The molecule has 1 amide bonds. The van der Waals surface area contributed by atoms with Gasteiger partial charge in [-0.25, -0.2) is 0 Å². The average molecular weight is 256 g/mol. The molecule has 0 atom stereocenters. The van der Waals surface area contributed by atoms with Crippen molar-refractivity contribution in [3.05, 3.63) is 64.1 Å². The fraction of sp³-hybridized carbons (Fsp3) is 0.0714. The van der Waals surface area contributed by atoms with E-state index in [0.717, 1.165) is 0 Å². The van der Waals surface area contributed by atoms with Crippen molar-refractivity contribution in [2.24, 2.45) is 0 Å². The summed E-state index contributed by atoms with van der Waals surface area (Å²) in [4.78, 5) is 36.7. The van der Waals surface area contributed by atoms with E-state index in [1.807, 2.05) is 0 Å². The van der Waals surface area contributed by atoms with E-state index in [-0.39, 0.29) is 17.2 Å². The van der Waals surface area contributed by atoms with Crippen LogP contribution in [-0.4, -0.2) is 16.7 Å². The van der Waals surface area contributed by atoms with Crippen LogP contribution >= 0.6 is 0 Å². The molecule has 0 aliphatic rings. The zero-order chi connectivity index (χ0) is 13.8. The predicted octanol–water partition coefficient (Wildman–Crippen LogP) is 1.83. The number of aromatic amines is 1. The Morgan fingerprint density at radius 1 is 1.11 bits per heavy atom. The average Bonchev–Trinajstić information content (AvgIpc) is 2.39. The summed E-state index contributed by atoms with van der Waals surface area (Å²) in [6, 6.07) is 9.45. The molecule has 19 heavy (non-hydrogen) atoms. The summed E-state index contributed by atoms with van der Waals surface area (Å²) < 4.78 is 0. The van der Waals surface area contributed by atoms with E-state index in [1.165, 1.54) is 25.3 Å². The zero-order valence-electron chi connectivity index (χ0n) is 10.3. The first kappa shape index (κ1) is 12.8. The van der Waals surface area contributed by atoms with Gasteiger partial charge in [-0.15, -0.1) is 0 Å². The van der Waals surface area contributed by atoms with Gasteiger partial charge in [0.15, 0.2) is 5.78 Å². The number of H-pyrrole nitrogens is 1. The van der Waals surface area contributed by atoms with Gasteiger partial charge in [0.1, 0.15) is 0 Å². The van der Waals surface area contributed by atoms with Gasteiger partial charge in [0.05, 0.1) is 11.3 Å². The van der Waals surface area contributed by atoms with Gasteiger partial charge < -0.3 is 10.3 Å². The molecule has 0 aliphatic carbocycles. The molecule has 1 aromatic carbocycles. The van der Waals surface area contributed by atoms with Crippen LogP contribution in [-0.2, 0) is 0 Å². The smallest absolute Gasteiger partial charge is 0.257 e. The number of aromatic nitrogens is 1. The van der Waals surface area contributed by atoms with Crippen molar-refractivity contribution in [2.45, 2.75) is 6.92 Å². The molecule has 0 aliphatic heterocycles. The maximum Gasteiger partial charge on any atom is 0.257 e. The molecule has 0 fully saturated rings. The first-order valence-electron chi connectivity index (χ1n) is 5.68. The molecular formula is C14H12N2O3. The molecule has 1 heterocycles. The van der Waals surface area contributed by atoms with E-state index < -0.39 is 0 Å². The summed E-state index contributed by atoms with van der Waals surface area (Å²) in [5.41, 5.74) is 0.935. The minimum atomic E-state index is -0.384. The molecule has 0 spiro atoms. The highest BCUT2D eigenvalue weighted by molar-refractivity contribution is 6.08. The quantitative estimate of drug-likeness (QED) is 0.822. The van der Waals surface area contributed by atoms with Gasteiger partial charge in [0.25, 0.3) is 5.91 Å². The SMILES string of the molecule is CC(=O)c1ccccc1NC(=O)c1ccc(=O)[nH]c1. The lowest BCUT2D eigenvalue weighted by Crippen LogP contribution is -2.16. The van der Waals surface area contributed by atoms with E-state index >= 15 is 0 Å². The van der Waals surface area contributed by atoms with Crippen LogP contribution in [0.4, 0.5) is 5.69 Å². The molecule has 0 unspecified atom stereocenters. The standard InChI is InChI=1S/C14H12N2O3/c1-9(17)11-4-2-3-5-12(11)16-14(19)10-6-7-13(18)15-8-10/h2-8H,1H3,(H,15,18)(H,16,19). The summed E-state index contributed by atoms with van der Waals surface area (Å²) >= 11 is 0. The highest BCUT2D eigenvalue weighted by Crippen LogP contribution is 2.16. The number of carbonyl (C=O) groups is 2. The highest BCUT2D eigenvalue weighted by atomic mass is 16.2. The van der Waals surface area contributed by atoms with Crippen LogP contribution in [0.5, 0.6) is 0 Å². The van der Waals surface area contributed by atoms with Crippen molar-refractivity contribution in [3.63, 3.8) is 0 Å². The van der Waals surface area contributed by atoms with Gasteiger partial charge in [-0.1, -0.05) is 12.1 Å². The van der Waals surface area contributed by atoms with Crippen molar-refractivity contribution < 1.29 is 9.59 Å². The first-order chi connectivity index (χ1) is 9.08. The van der Waals surface area contributed by atoms with Crippen molar-refractivity contribution in [1.82, 2.24) is 4.98 Å². The number of pyridine rings is 1. The van der Waals surface area contributed by atoms with Crippen LogP contribution in [0.1, 0.15) is 27.6 Å². The van der Waals surface area contributed by atoms with Gasteiger partial charge in [-0.2, -0.15) is 0 Å². The summed E-state index contributed by atoms with van der Waals surface area (Å²) in [6.45, 7) is 1.44. The second-order valence-corrected chi connectivity index (χ2v) is 4.00. The Labute approximate surface area is 109 Å². The lowest BCUT2D eigenvalue weighted by atomic mass is 10.1. The minimum Gasteiger partial charge on any atom is -0.328 e. The van der Waals surface area contributed by atoms with E-state index in [1.54, 1.807) is 24.3 Å². The number of carbonyl (C=O) groups excluding carboxylic acids is 2. The van der Waals surface area contributed by atoms with Crippen LogP contribution in [0.3, 0.4) is 0 Å². The second kappa shape index (κ2) is 5.30. The predicted molar refractivity (Wildman–Crippen MR) is 71.5 cm³/mol. The van der Waals surface area contributed by atoms with Crippen LogP contribution in [0.25, 0.3) is 0 Å². The van der Waals surface area contributed by atoms with Crippen molar-refractivity contribution >= 4 is 17.4 Å². The van der Waals surface area contributed by atoms with E-state index in [0.29, 0.717) is 16.8 Å². The third-order valence-electron chi connectivity index (χ3n) is 2.60. The normalized spacial score (nSPS) is 9.95. The monoisotopic (exact) mass is 256 g/mol. The first-order valence-corrected chi connectivity index (χ1v) is 5.68. The summed E-state index contributed by atoms with van der Waals surface area (Å²) in [7, 11) is 0. The number of para-hydroxylation sites is 1. The van der Waals surface area contributed by atoms with Crippen LogP contribution in [0, 0.1) is 0 Å². The number of Topliss-reactive ketones (excluding diaryl/α,β-unsaturated/α-hetero) is 1. The van der Waals surface area contributed by atoms with Gasteiger partial charge in [-0.05, 0) is 25.1 Å². The zero-order valence-corrected chi connectivity index (χ0v) is 10.3. The Morgan fingerprint density at radius 2 is 1.84 bits per heavy atom. The largest absolute Gasteiger partial charge is 0.328 e. The summed E-state index contributed by atoms with van der Waals surface area (Å²) in [5.74, 6) is -0.512. The maximum absolute atomic E-state index is 12.0. The molecule has 5 nitrogen and oxygen atoms in total. The highest BCUT2D eigenvalue weighted by Gasteiger charge is 2.11. The third kappa shape index (κ3) is 2.95. The number of rotatable bonds is 3. The fourth-order valence-electron chi connectivity index (χ4n) is 1.65. The number of nitrogens with one attached hydrogen (secondary N) is 2. The van der Waals surface area contributed by atoms with Crippen molar-refractivity contribution in [2.75, 3.05) is 5.32 Å². The lowest BCUT2D eigenvalue weighted by molar-refractivity contribution is 0.101. The molecule has 2 rings (SSSR count).